The summed E-state index contributed by atoms with van der Waals surface area (Å²) in [4.78, 5) is 43.4. The molecule has 4 rings (SSSR count). The van der Waals surface area contributed by atoms with Crippen LogP contribution in [-0.4, -0.2) is 67.1 Å². The molecule has 1 heterocycles. The number of amides is 2. The molecule has 4 aromatic rings. The van der Waals surface area contributed by atoms with Crippen molar-refractivity contribution in [2.45, 2.75) is 38.0 Å². The smallest absolute Gasteiger partial charge is 0.408 e. The van der Waals surface area contributed by atoms with E-state index in [4.69, 9.17) is 18.9 Å². The molecule has 3 aromatic carbocycles. The molecule has 0 aliphatic heterocycles. The zero-order chi connectivity index (χ0) is 31.5. The number of benzene rings is 3. The summed E-state index contributed by atoms with van der Waals surface area (Å²) in [6.07, 6.45) is 1.14. The highest BCUT2D eigenvalue weighted by atomic mass is 16.6. The molecule has 0 saturated heterocycles. The molecule has 0 spiro atoms. The standard InChI is InChI=1S/C33H37N3O8/c1-33(31(39)43-17-16-37,19-22-10-5-4-6-11-22)36-30(38)27(18-24-20-34-26-14-8-7-13-25(24)26)35-32(40)44-21-23-12-9-15-28(41-2)29(23)42-3/h4-15,20,27,34,37H,16-19,21H2,1-3H3,(H,35,40)(H,36,38). The highest BCUT2D eigenvalue weighted by Crippen LogP contribution is 2.31. The summed E-state index contributed by atoms with van der Waals surface area (Å²) in [6, 6.07) is 20.8. The van der Waals surface area contributed by atoms with Gasteiger partial charge in [0.1, 0.15) is 24.8 Å². The van der Waals surface area contributed by atoms with Crippen molar-refractivity contribution in [2.75, 3.05) is 27.4 Å². The summed E-state index contributed by atoms with van der Waals surface area (Å²) in [5, 5.41) is 15.6. The molecular weight excluding hydrogens is 566 g/mol. The quantitative estimate of drug-likeness (QED) is 0.160. The summed E-state index contributed by atoms with van der Waals surface area (Å²) >= 11 is 0. The number of aromatic amines is 1. The van der Waals surface area contributed by atoms with E-state index in [9.17, 15) is 19.5 Å². The molecule has 2 amide bonds. The normalized spacial score (nSPS) is 12.9. The van der Waals surface area contributed by atoms with E-state index in [0.717, 1.165) is 22.0 Å². The Labute approximate surface area is 255 Å². The van der Waals surface area contributed by atoms with Crippen LogP contribution in [0.2, 0.25) is 0 Å². The van der Waals surface area contributed by atoms with E-state index in [2.05, 4.69) is 15.6 Å². The molecule has 0 saturated carbocycles. The summed E-state index contributed by atoms with van der Waals surface area (Å²) in [5.74, 6) is -0.432. The van der Waals surface area contributed by atoms with Gasteiger partial charge < -0.3 is 39.7 Å². The second kappa shape index (κ2) is 14.9. The minimum Gasteiger partial charge on any atom is -0.493 e. The second-order valence-corrected chi connectivity index (χ2v) is 10.3. The number of rotatable bonds is 14. The second-order valence-electron chi connectivity index (χ2n) is 10.3. The first kappa shape index (κ1) is 31.9. The van der Waals surface area contributed by atoms with Gasteiger partial charge in [-0.2, -0.15) is 0 Å². The molecule has 11 heteroatoms. The third-order valence-corrected chi connectivity index (χ3v) is 7.13. The van der Waals surface area contributed by atoms with E-state index in [0.29, 0.717) is 17.1 Å². The van der Waals surface area contributed by atoms with Crippen LogP contribution in [0, 0.1) is 0 Å². The van der Waals surface area contributed by atoms with Gasteiger partial charge in [0, 0.05) is 35.5 Å². The number of methoxy groups -OCH3 is 2. The fourth-order valence-electron chi connectivity index (χ4n) is 4.95. The Morgan fingerprint density at radius 3 is 2.39 bits per heavy atom. The Morgan fingerprint density at radius 1 is 0.909 bits per heavy atom. The number of H-pyrrole nitrogens is 1. The number of fused-ring (bicyclic) bond motifs is 1. The predicted octanol–water partition coefficient (Wildman–Crippen LogP) is 3.68. The van der Waals surface area contributed by atoms with Crippen LogP contribution in [-0.2, 0) is 38.5 Å². The van der Waals surface area contributed by atoms with Crippen LogP contribution in [0.15, 0.2) is 79.0 Å². The Hall–Kier alpha value is -5.03. The molecule has 0 aliphatic carbocycles. The van der Waals surface area contributed by atoms with E-state index < -0.39 is 29.6 Å². The van der Waals surface area contributed by atoms with Gasteiger partial charge in [-0.05, 0) is 30.2 Å². The summed E-state index contributed by atoms with van der Waals surface area (Å²) in [6.45, 7) is 0.812. The van der Waals surface area contributed by atoms with Crippen LogP contribution >= 0.6 is 0 Å². The first-order chi connectivity index (χ1) is 21.3. The minimum atomic E-state index is -1.51. The van der Waals surface area contributed by atoms with Gasteiger partial charge in [-0.1, -0.05) is 60.7 Å². The van der Waals surface area contributed by atoms with Gasteiger partial charge >= 0.3 is 12.1 Å². The van der Waals surface area contributed by atoms with E-state index in [-0.39, 0.29) is 32.7 Å². The summed E-state index contributed by atoms with van der Waals surface area (Å²) < 4.78 is 21.5. The van der Waals surface area contributed by atoms with Gasteiger partial charge in [-0.25, -0.2) is 9.59 Å². The molecule has 232 valence electrons. The monoisotopic (exact) mass is 603 g/mol. The first-order valence-electron chi connectivity index (χ1n) is 14.1. The Kier molecular flexibility index (Phi) is 10.8. The van der Waals surface area contributed by atoms with Crippen molar-refractivity contribution in [3.05, 3.63) is 95.7 Å². The maximum absolute atomic E-state index is 13.9. The minimum absolute atomic E-state index is 0.0978. The van der Waals surface area contributed by atoms with E-state index >= 15 is 0 Å². The molecular formula is C33H37N3O8. The third-order valence-electron chi connectivity index (χ3n) is 7.13. The lowest BCUT2D eigenvalue weighted by Crippen LogP contribution is -2.60. The third kappa shape index (κ3) is 7.87. The number of aromatic nitrogens is 1. The zero-order valence-electron chi connectivity index (χ0n) is 24.9. The van der Waals surface area contributed by atoms with Gasteiger partial charge in [-0.15, -0.1) is 0 Å². The largest absolute Gasteiger partial charge is 0.493 e. The van der Waals surface area contributed by atoms with Crippen LogP contribution in [0.4, 0.5) is 4.79 Å². The molecule has 44 heavy (non-hydrogen) atoms. The number of hydrogen-bond acceptors (Lipinski definition) is 8. The number of esters is 1. The van der Waals surface area contributed by atoms with E-state index in [1.165, 1.54) is 14.2 Å². The molecule has 4 N–H and O–H groups in total. The predicted molar refractivity (Wildman–Crippen MR) is 163 cm³/mol. The van der Waals surface area contributed by atoms with E-state index in [1.54, 1.807) is 31.3 Å². The number of aliphatic hydroxyl groups excluding tert-OH is 1. The maximum Gasteiger partial charge on any atom is 0.408 e. The van der Waals surface area contributed by atoms with Crippen molar-refractivity contribution in [1.29, 1.82) is 0 Å². The SMILES string of the molecule is COc1cccc(COC(=O)NC(Cc2c[nH]c3ccccc23)C(=O)NC(C)(Cc2ccccc2)C(=O)OCCO)c1OC. The molecule has 11 nitrogen and oxygen atoms in total. The molecule has 0 radical (unpaired) electrons. The van der Waals surface area contributed by atoms with Crippen molar-refractivity contribution in [3.8, 4) is 11.5 Å². The van der Waals surface area contributed by atoms with Gasteiger partial charge in [0.05, 0.1) is 20.8 Å². The Morgan fingerprint density at radius 2 is 1.66 bits per heavy atom. The van der Waals surface area contributed by atoms with Gasteiger partial charge in [0.2, 0.25) is 5.91 Å². The van der Waals surface area contributed by atoms with Crippen LogP contribution in [0.25, 0.3) is 10.9 Å². The number of alkyl carbamates (subject to hydrolysis) is 1. The number of hydrogen-bond donors (Lipinski definition) is 4. The van der Waals surface area contributed by atoms with Gasteiger partial charge in [-0.3, -0.25) is 4.79 Å². The molecule has 2 unspecified atom stereocenters. The molecule has 1 aromatic heterocycles. The molecule has 0 fully saturated rings. The Balaban J connectivity index is 1.58. The average Bonchev–Trinajstić information content (AvgIpc) is 3.44. The number of carbonyl (C=O) groups is 3. The Bertz CT molecular complexity index is 1570. The van der Waals surface area contributed by atoms with Crippen molar-refractivity contribution >= 4 is 28.9 Å². The van der Waals surface area contributed by atoms with Gasteiger partial charge in [0.15, 0.2) is 11.5 Å². The van der Waals surface area contributed by atoms with Gasteiger partial charge in [0.25, 0.3) is 0 Å². The van der Waals surface area contributed by atoms with Crippen LogP contribution < -0.4 is 20.1 Å². The molecule has 0 bridgehead atoms. The fourth-order valence-corrected chi connectivity index (χ4v) is 4.95. The number of para-hydroxylation sites is 2. The lowest BCUT2D eigenvalue weighted by atomic mass is 9.91. The average molecular weight is 604 g/mol. The van der Waals surface area contributed by atoms with Crippen molar-refractivity contribution in [3.63, 3.8) is 0 Å². The summed E-state index contributed by atoms with van der Waals surface area (Å²) in [5.41, 5.74) is 1.50. The number of aliphatic hydroxyl groups is 1. The van der Waals surface area contributed by atoms with Crippen molar-refractivity contribution < 1.29 is 38.4 Å². The topological polar surface area (TPSA) is 148 Å². The van der Waals surface area contributed by atoms with Crippen molar-refractivity contribution in [2.24, 2.45) is 0 Å². The van der Waals surface area contributed by atoms with E-state index in [1.807, 2.05) is 54.6 Å². The van der Waals surface area contributed by atoms with Crippen LogP contribution in [0.3, 0.4) is 0 Å². The molecule has 2 atom stereocenters. The number of nitrogens with one attached hydrogen (secondary N) is 3. The zero-order valence-corrected chi connectivity index (χ0v) is 24.9. The lowest BCUT2D eigenvalue weighted by molar-refractivity contribution is -0.154. The molecule has 0 aliphatic rings. The lowest BCUT2D eigenvalue weighted by Gasteiger charge is -2.31. The fraction of sp³-hybridized carbons (Fsp3) is 0.303. The first-order valence-corrected chi connectivity index (χ1v) is 14.1. The highest BCUT2D eigenvalue weighted by Gasteiger charge is 2.39. The van der Waals surface area contributed by atoms with Crippen LogP contribution in [0.1, 0.15) is 23.6 Å². The maximum atomic E-state index is 13.9. The summed E-state index contributed by atoms with van der Waals surface area (Å²) in [7, 11) is 3.00. The number of ether oxygens (including phenoxy) is 4. The highest BCUT2D eigenvalue weighted by molar-refractivity contribution is 5.93. The van der Waals surface area contributed by atoms with Crippen molar-refractivity contribution in [1.82, 2.24) is 15.6 Å². The van der Waals surface area contributed by atoms with Crippen LogP contribution in [0.5, 0.6) is 11.5 Å². The number of carbonyl (C=O) groups excluding carboxylic acids is 3.